The van der Waals surface area contributed by atoms with Crippen molar-refractivity contribution in [2.75, 3.05) is 11.6 Å². The zero-order chi connectivity index (χ0) is 15.4. The molecule has 0 radical (unpaired) electrons. The molecule has 0 heterocycles. The first kappa shape index (κ1) is 15.5. The third kappa shape index (κ3) is 3.59. The van der Waals surface area contributed by atoms with Gasteiger partial charge in [0.25, 0.3) is 5.91 Å². The number of benzene rings is 2. The molecule has 0 bridgehead atoms. The number of halogens is 1. The predicted octanol–water partition coefficient (Wildman–Crippen LogP) is 3.43. The molecule has 0 aliphatic heterocycles. The molecule has 0 aromatic heterocycles. The Morgan fingerprint density at radius 3 is 2.62 bits per heavy atom. The average Bonchev–Trinajstić information content (AvgIpc) is 2.48. The van der Waals surface area contributed by atoms with Gasteiger partial charge in [0, 0.05) is 16.1 Å². The van der Waals surface area contributed by atoms with Crippen LogP contribution in [0.4, 0.5) is 10.1 Å². The molecule has 0 unspecified atom stereocenters. The second-order valence-electron chi connectivity index (χ2n) is 4.21. The normalized spacial score (nSPS) is 10.2. The number of rotatable bonds is 4. The standard InChI is InChI=1S/C15H13FN2OS2/c1-21-13-5-3-2-4-10(13)15(19)18-9-6-7-12(16)11(8-9)14(17)20/h2-8H,1H3,(H2,17,20)(H,18,19). The molecule has 0 aliphatic rings. The Morgan fingerprint density at radius 2 is 1.95 bits per heavy atom. The Bertz CT molecular complexity index is 704. The van der Waals surface area contributed by atoms with E-state index in [1.54, 1.807) is 12.1 Å². The Kier molecular flexibility index (Phi) is 4.93. The van der Waals surface area contributed by atoms with Crippen molar-refractivity contribution in [2.45, 2.75) is 4.90 Å². The largest absolute Gasteiger partial charge is 0.389 e. The average molecular weight is 320 g/mol. The quantitative estimate of drug-likeness (QED) is 0.669. The molecular weight excluding hydrogens is 307 g/mol. The van der Waals surface area contributed by atoms with Crippen LogP contribution < -0.4 is 11.1 Å². The first-order chi connectivity index (χ1) is 10.0. The van der Waals surface area contributed by atoms with Crippen LogP contribution in [0.25, 0.3) is 0 Å². The van der Waals surface area contributed by atoms with Crippen LogP contribution >= 0.6 is 24.0 Å². The summed E-state index contributed by atoms with van der Waals surface area (Å²) >= 11 is 6.26. The van der Waals surface area contributed by atoms with Crippen LogP contribution in [0.1, 0.15) is 15.9 Å². The summed E-state index contributed by atoms with van der Waals surface area (Å²) in [6.45, 7) is 0. The topological polar surface area (TPSA) is 55.1 Å². The lowest BCUT2D eigenvalue weighted by Crippen LogP contribution is -2.15. The number of anilines is 1. The second-order valence-corrected chi connectivity index (χ2v) is 5.50. The number of nitrogens with one attached hydrogen (secondary N) is 1. The van der Waals surface area contributed by atoms with E-state index in [1.807, 2.05) is 18.4 Å². The summed E-state index contributed by atoms with van der Waals surface area (Å²) in [5, 5.41) is 2.72. The summed E-state index contributed by atoms with van der Waals surface area (Å²) < 4.78 is 13.5. The summed E-state index contributed by atoms with van der Waals surface area (Å²) in [5.74, 6) is -0.773. The molecule has 0 spiro atoms. The van der Waals surface area contributed by atoms with Gasteiger partial charge in [0.1, 0.15) is 10.8 Å². The summed E-state index contributed by atoms with van der Waals surface area (Å²) in [5.41, 5.74) is 6.56. The maximum Gasteiger partial charge on any atom is 0.256 e. The van der Waals surface area contributed by atoms with Crippen LogP contribution in [0.5, 0.6) is 0 Å². The summed E-state index contributed by atoms with van der Waals surface area (Å²) in [4.78, 5) is 13.1. The van der Waals surface area contributed by atoms with Crippen molar-refractivity contribution in [1.82, 2.24) is 0 Å². The van der Waals surface area contributed by atoms with E-state index in [-0.39, 0.29) is 16.5 Å². The first-order valence-electron chi connectivity index (χ1n) is 6.06. The lowest BCUT2D eigenvalue weighted by molar-refractivity contribution is 0.102. The van der Waals surface area contributed by atoms with E-state index in [1.165, 1.54) is 30.0 Å². The van der Waals surface area contributed by atoms with Crippen LogP contribution in [0.2, 0.25) is 0 Å². The molecule has 0 atom stereocenters. The highest BCUT2D eigenvalue weighted by Crippen LogP contribution is 2.22. The fourth-order valence-corrected chi connectivity index (χ4v) is 2.57. The monoisotopic (exact) mass is 320 g/mol. The number of carbonyl (C=O) groups excluding carboxylic acids is 1. The third-order valence-electron chi connectivity index (χ3n) is 2.84. The van der Waals surface area contributed by atoms with Crippen LogP contribution in [-0.2, 0) is 0 Å². The van der Waals surface area contributed by atoms with Gasteiger partial charge in [0.2, 0.25) is 0 Å². The fourth-order valence-electron chi connectivity index (χ4n) is 1.82. The smallest absolute Gasteiger partial charge is 0.256 e. The molecule has 2 aromatic carbocycles. The zero-order valence-electron chi connectivity index (χ0n) is 11.2. The Labute approximate surface area is 131 Å². The number of hydrogen-bond donors (Lipinski definition) is 2. The molecule has 0 saturated carbocycles. The van der Waals surface area contributed by atoms with Crippen LogP contribution in [0, 0.1) is 5.82 Å². The van der Waals surface area contributed by atoms with Crippen LogP contribution in [0.15, 0.2) is 47.4 Å². The fraction of sp³-hybridized carbons (Fsp3) is 0.0667. The highest BCUT2D eigenvalue weighted by atomic mass is 32.2. The Balaban J connectivity index is 2.28. The van der Waals surface area contributed by atoms with Gasteiger partial charge in [-0.3, -0.25) is 4.79 Å². The van der Waals surface area contributed by atoms with Gasteiger partial charge in [-0.1, -0.05) is 24.4 Å². The lowest BCUT2D eigenvalue weighted by atomic mass is 10.1. The van der Waals surface area contributed by atoms with Gasteiger partial charge in [0.05, 0.1) is 5.56 Å². The van der Waals surface area contributed by atoms with Crippen LogP contribution in [0.3, 0.4) is 0 Å². The molecule has 3 N–H and O–H groups in total. The van der Waals surface area contributed by atoms with Crippen molar-refractivity contribution in [1.29, 1.82) is 0 Å². The minimum atomic E-state index is -0.509. The molecular formula is C15H13FN2OS2. The number of amides is 1. The van der Waals surface area contributed by atoms with Crippen molar-refractivity contribution in [3.05, 3.63) is 59.4 Å². The van der Waals surface area contributed by atoms with E-state index in [2.05, 4.69) is 5.32 Å². The summed E-state index contributed by atoms with van der Waals surface area (Å²) in [6.07, 6.45) is 1.90. The van der Waals surface area contributed by atoms with E-state index in [0.717, 1.165) is 4.90 Å². The van der Waals surface area contributed by atoms with Crippen molar-refractivity contribution < 1.29 is 9.18 Å². The molecule has 0 fully saturated rings. The van der Waals surface area contributed by atoms with Gasteiger partial charge in [0.15, 0.2) is 0 Å². The highest BCUT2D eigenvalue weighted by molar-refractivity contribution is 7.98. The van der Waals surface area contributed by atoms with E-state index in [9.17, 15) is 9.18 Å². The van der Waals surface area contributed by atoms with Gasteiger partial charge in [-0.2, -0.15) is 0 Å². The number of thiocarbonyl (C=S) groups is 1. The molecule has 21 heavy (non-hydrogen) atoms. The van der Waals surface area contributed by atoms with Crippen molar-refractivity contribution in [3.63, 3.8) is 0 Å². The maximum absolute atomic E-state index is 13.5. The van der Waals surface area contributed by atoms with Gasteiger partial charge in [-0.15, -0.1) is 11.8 Å². The predicted molar refractivity (Wildman–Crippen MR) is 88.5 cm³/mol. The first-order valence-corrected chi connectivity index (χ1v) is 7.70. The molecule has 1 amide bonds. The van der Waals surface area contributed by atoms with E-state index < -0.39 is 5.82 Å². The summed E-state index contributed by atoms with van der Waals surface area (Å²) in [7, 11) is 0. The van der Waals surface area contributed by atoms with E-state index in [0.29, 0.717) is 11.3 Å². The minimum Gasteiger partial charge on any atom is -0.389 e. The van der Waals surface area contributed by atoms with Crippen molar-refractivity contribution >= 4 is 40.6 Å². The van der Waals surface area contributed by atoms with Gasteiger partial charge in [-0.05, 0) is 36.6 Å². The molecule has 0 saturated heterocycles. The Hall–Kier alpha value is -1.92. The number of thioether (sulfide) groups is 1. The van der Waals surface area contributed by atoms with E-state index in [4.69, 9.17) is 18.0 Å². The highest BCUT2D eigenvalue weighted by Gasteiger charge is 2.12. The number of carbonyl (C=O) groups is 1. The van der Waals surface area contributed by atoms with Crippen molar-refractivity contribution in [3.8, 4) is 0 Å². The molecule has 0 aliphatic carbocycles. The minimum absolute atomic E-state index is 0.0480. The molecule has 2 aromatic rings. The summed E-state index contributed by atoms with van der Waals surface area (Å²) in [6, 6.07) is 11.4. The third-order valence-corrected chi connectivity index (χ3v) is 3.86. The van der Waals surface area contributed by atoms with Crippen LogP contribution in [-0.4, -0.2) is 17.2 Å². The number of nitrogens with two attached hydrogens (primary N) is 1. The molecule has 3 nitrogen and oxygen atoms in total. The van der Waals surface area contributed by atoms with Crippen molar-refractivity contribution in [2.24, 2.45) is 5.73 Å². The molecule has 6 heteroatoms. The Morgan fingerprint density at radius 1 is 1.24 bits per heavy atom. The maximum atomic E-state index is 13.5. The zero-order valence-corrected chi connectivity index (χ0v) is 12.9. The van der Waals surface area contributed by atoms with E-state index >= 15 is 0 Å². The van der Waals surface area contributed by atoms with Gasteiger partial charge >= 0.3 is 0 Å². The number of hydrogen-bond acceptors (Lipinski definition) is 3. The lowest BCUT2D eigenvalue weighted by Gasteiger charge is -2.10. The SMILES string of the molecule is CSc1ccccc1C(=O)Nc1ccc(F)c(C(N)=S)c1. The van der Waals surface area contributed by atoms with Gasteiger partial charge in [-0.25, -0.2) is 4.39 Å². The van der Waals surface area contributed by atoms with Gasteiger partial charge < -0.3 is 11.1 Å². The molecule has 2 rings (SSSR count). The molecule has 108 valence electrons. The second kappa shape index (κ2) is 6.69.